The van der Waals surface area contributed by atoms with E-state index in [0.717, 1.165) is 0 Å². The average molecular weight is 442 g/mol. The maximum Gasteiger partial charge on any atom is 0.412 e. The third-order valence-electron chi connectivity index (χ3n) is 4.66. The number of carbonyl (C=O) groups excluding carboxylic acids is 2. The molecule has 162 valence electrons. The fraction of sp³-hybridized carbons (Fsp3) is 0.261. The molecule has 0 radical (unpaired) electrons. The number of benzene rings is 2. The van der Waals surface area contributed by atoms with Crippen LogP contribution in [0.3, 0.4) is 0 Å². The first-order chi connectivity index (χ1) is 14.8. The zero-order chi connectivity index (χ0) is 22.5. The number of hydrogen-bond donors (Lipinski definition) is 2. The number of hydrogen-bond acceptors (Lipinski definition) is 5. The minimum Gasteiger partial charge on any atom is -0.441 e. The van der Waals surface area contributed by atoms with Gasteiger partial charge >= 0.3 is 6.09 Å². The van der Waals surface area contributed by atoms with E-state index in [1.807, 2.05) is 26.0 Å². The van der Waals surface area contributed by atoms with Gasteiger partial charge in [-0.25, -0.2) is 4.79 Å². The Hall–Kier alpha value is -3.32. The van der Waals surface area contributed by atoms with Crippen molar-refractivity contribution in [3.05, 3.63) is 64.8 Å². The molecule has 2 amide bonds. The van der Waals surface area contributed by atoms with Crippen molar-refractivity contribution in [3.63, 3.8) is 0 Å². The number of ether oxygens (including phenoxy) is 1. The zero-order valence-electron chi connectivity index (χ0n) is 17.7. The highest BCUT2D eigenvalue weighted by Gasteiger charge is 2.20. The molecule has 0 fully saturated rings. The summed E-state index contributed by atoms with van der Waals surface area (Å²) < 4.78 is 10.9. The van der Waals surface area contributed by atoms with Crippen LogP contribution in [0, 0.1) is 12.8 Å². The molecular weight excluding hydrogens is 418 g/mol. The molecule has 2 aromatic carbocycles. The van der Waals surface area contributed by atoms with Crippen LogP contribution in [-0.4, -0.2) is 17.2 Å². The lowest BCUT2D eigenvalue weighted by Gasteiger charge is -2.15. The molecular formula is C23H24ClN3O4. The maximum absolute atomic E-state index is 12.5. The third-order valence-corrected chi connectivity index (χ3v) is 5.00. The monoisotopic (exact) mass is 441 g/mol. The lowest BCUT2D eigenvalue weighted by molar-refractivity contribution is -0.118. The number of nitrogens with one attached hydrogen (secondary N) is 2. The van der Waals surface area contributed by atoms with E-state index in [4.69, 9.17) is 20.9 Å². The molecule has 3 aromatic rings. The Morgan fingerprint density at radius 2 is 1.71 bits per heavy atom. The quantitative estimate of drug-likeness (QED) is 0.474. The summed E-state index contributed by atoms with van der Waals surface area (Å²) in [6.45, 7) is 7.11. The fourth-order valence-electron chi connectivity index (χ4n) is 2.87. The second-order valence-electron chi connectivity index (χ2n) is 7.39. The summed E-state index contributed by atoms with van der Waals surface area (Å²) in [5.74, 6) is 0.203. The van der Waals surface area contributed by atoms with Crippen molar-refractivity contribution in [1.82, 2.24) is 5.16 Å². The van der Waals surface area contributed by atoms with E-state index in [0.29, 0.717) is 39.0 Å². The van der Waals surface area contributed by atoms with E-state index in [9.17, 15) is 9.59 Å². The molecule has 3 rings (SSSR count). The van der Waals surface area contributed by atoms with Gasteiger partial charge in [0.25, 0.3) is 0 Å². The van der Waals surface area contributed by atoms with Crippen LogP contribution in [0.5, 0.6) is 0 Å². The molecule has 7 nitrogen and oxygen atoms in total. The molecule has 1 unspecified atom stereocenters. The molecule has 1 atom stereocenters. The molecule has 0 saturated carbocycles. The van der Waals surface area contributed by atoms with Crippen molar-refractivity contribution in [2.45, 2.75) is 33.8 Å². The molecule has 0 aliphatic rings. The topological polar surface area (TPSA) is 93.5 Å². The summed E-state index contributed by atoms with van der Waals surface area (Å²) >= 11 is 6.17. The molecule has 8 heteroatoms. The number of aromatic nitrogens is 1. The van der Waals surface area contributed by atoms with Crippen LogP contribution in [-0.2, 0) is 9.53 Å². The first-order valence-electron chi connectivity index (χ1n) is 9.86. The van der Waals surface area contributed by atoms with Crippen LogP contribution in [0.25, 0.3) is 11.3 Å². The second kappa shape index (κ2) is 9.66. The summed E-state index contributed by atoms with van der Waals surface area (Å²) in [5.41, 5.74) is 2.99. The minimum atomic E-state index is -0.652. The SMILES string of the molecule is Cc1noc(-c2ccc(NC(=O)C(C)C)cc2)c1NC(=O)OC(C)c1ccccc1Cl. The summed E-state index contributed by atoms with van der Waals surface area (Å²) in [6, 6.07) is 14.3. The Bertz CT molecular complexity index is 1080. The number of nitrogens with zero attached hydrogens (tertiary/aromatic N) is 1. The minimum absolute atomic E-state index is 0.0685. The highest BCUT2D eigenvalue weighted by molar-refractivity contribution is 6.31. The van der Waals surface area contributed by atoms with Gasteiger partial charge in [0, 0.05) is 27.8 Å². The van der Waals surface area contributed by atoms with Crippen LogP contribution < -0.4 is 10.6 Å². The molecule has 0 bridgehead atoms. The van der Waals surface area contributed by atoms with Gasteiger partial charge in [0.1, 0.15) is 17.5 Å². The summed E-state index contributed by atoms with van der Waals surface area (Å²) in [7, 11) is 0. The van der Waals surface area contributed by atoms with Crippen molar-refractivity contribution >= 4 is 35.0 Å². The van der Waals surface area contributed by atoms with E-state index >= 15 is 0 Å². The van der Waals surface area contributed by atoms with Crippen molar-refractivity contribution in [2.24, 2.45) is 5.92 Å². The maximum atomic E-state index is 12.5. The van der Waals surface area contributed by atoms with Crippen LogP contribution in [0.15, 0.2) is 53.1 Å². The Labute approximate surface area is 185 Å². The van der Waals surface area contributed by atoms with E-state index in [-0.39, 0.29) is 11.8 Å². The van der Waals surface area contributed by atoms with Gasteiger partial charge in [-0.2, -0.15) is 0 Å². The number of amides is 2. The van der Waals surface area contributed by atoms with Crippen molar-refractivity contribution < 1.29 is 18.8 Å². The largest absolute Gasteiger partial charge is 0.441 e. The predicted octanol–water partition coefficient (Wildman–Crippen LogP) is 6.21. The lowest BCUT2D eigenvalue weighted by atomic mass is 10.1. The standard InChI is InChI=1S/C23H24ClN3O4/c1-13(2)22(28)25-17-11-9-16(10-12-17)21-20(14(3)27-31-21)26-23(29)30-15(4)18-7-5-6-8-19(18)24/h5-13,15H,1-4H3,(H,25,28)(H,26,29). The highest BCUT2D eigenvalue weighted by Crippen LogP contribution is 2.32. The Balaban J connectivity index is 1.73. The number of rotatable bonds is 6. The highest BCUT2D eigenvalue weighted by atomic mass is 35.5. The van der Waals surface area contributed by atoms with Gasteiger partial charge in [-0.15, -0.1) is 0 Å². The molecule has 1 heterocycles. The smallest absolute Gasteiger partial charge is 0.412 e. The van der Waals surface area contributed by atoms with E-state index < -0.39 is 12.2 Å². The molecule has 31 heavy (non-hydrogen) atoms. The van der Waals surface area contributed by atoms with Crippen molar-refractivity contribution in [1.29, 1.82) is 0 Å². The molecule has 0 saturated heterocycles. The second-order valence-corrected chi connectivity index (χ2v) is 7.79. The van der Waals surface area contributed by atoms with E-state index in [1.54, 1.807) is 50.2 Å². The molecule has 2 N–H and O–H groups in total. The van der Waals surface area contributed by atoms with Gasteiger partial charge in [-0.1, -0.05) is 48.8 Å². The van der Waals surface area contributed by atoms with Crippen LogP contribution in [0.2, 0.25) is 5.02 Å². The summed E-state index contributed by atoms with van der Waals surface area (Å²) in [4.78, 5) is 24.3. The zero-order valence-corrected chi connectivity index (χ0v) is 18.5. The van der Waals surface area contributed by atoms with Crippen LogP contribution >= 0.6 is 11.6 Å². The Morgan fingerprint density at radius 3 is 2.35 bits per heavy atom. The number of carbonyl (C=O) groups is 2. The van der Waals surface area contributed by atoms with Crippen LogP contribution in [0.1, 0.15) is 38.1 Å². The number of aryl methyl sites for hydroxylation is 1. The fourth-order valence-corrected chi connectivity index (χ4v) is 3.16. The third kappa shape index (κ3) is 5.44. The predicted molar refractivity (Wildman–Crippen MR) is 120 cm³/mol. The van der Waals surface area contributed by atoms with E-state index in [1.165, 1.54) is 0 Å². The van der Waals surface area contributed by atoms with Gasteiger partial charge < -0.3 is 14.6 Å². The Morgan fingerprint density at radius 1 is 1.03 bits per heavy atom. The Kier molecular flexibility index (Phi) is 6.97. The average Bonchev–Trinajstić information content (AvgIpc) is 3.08. The normalized spacial score (nSPS) is 11.8. The van der Waals surface area contributed by atoms with Gasteiger partial charge in [-0.05, 0) is 44.2 Å². The molecule has 0 spiro atoms. The molecule has 0 aliphatic carbocycles. The van der Waals surface area contributed by atoms with Crippen molar-refractivity contribution in [2.75, 3.05) is 10.6 Å². The van der Waals surface area contributed by atoms with Crippen LogP contribution in [0.4, 0.5) is 16.2 Å². The van der Waals surface area contributed by atoms with E-state index in [2.05, 4.69) is 15.8 Å². The first kappa shape index (κ1) is 22.4. The number of halogens is 1. The van der Waals surface area contributed by atoms with Gasteiger partial charge in [-0.3, -0.25) is 10.1 Å². The summed E-state index contributed by atoms with van der Waals surface area (Å²) in [6.07, 6.45) is -1.19. The van der Waals surface area contributed by atoms with Gasteiger partial charge in [0.15, 0.2) is 5.76 Å². The molecule has 0 aliphatic heterocycles. The number of anilines is 2. The van der Waals surface area contributed by atoms with Gasteiger partial charge in [0.2, 0.25) is 5.91 Å². The lowest BCUT2D eigenvalue weighted by Crippen LogP contribution is -2.17. The van der Waals surface area contributed by atoms with Crippen molar-refractivity contribution in [3.8, 4) is 11.3 Å². The van der Waals surface area contributed by atoms with Gasteiger partial charge in [0.05, 0.1) is 0 Å². The first-order valence-corrected chi connectivity index (χ1v) is 10.2. The summed E-state index contributed by atoms with van der Waals surface area (Å²) in [5, 5.41) is 10.0. The molecule has 1 aromatic heterocycles.